The van der Waals surface area contributed by atoms with Crippen molar-refractivity contribution in [3.63, 3.8) is 0 Å². The topological polar surface area (TPSA) is 86.0 Å². The van der Waals surface area contributed by atoms with Crippen LogP contribution in [-0.2, 0) is 9.53 Å². The number of hydrogen-bond acceptors (Lipinski definition) is 6. The van der Waals surface area contributed by atoms with Gasteiger partial charge >= 0.3 is 5.97 Å². The van der Waals surface area contributed by atoms with E-state index < -0.39 is 5.97 Å². The van der Waals surface area contributed by atoms with Gasteiger partial charge in [-0.05, 0) is 97.7 Å². The molecule has 3 aromatic rings. The zero-order valence-electron chi connectivity index (χ0n) is 31.4. The molecular formula is C45H58O6. The number of phenols is 1. The molecule has 0 unspecified atom stereocenters. The Morgan fingerprint density at radius 1 is 0.980 bits per heavy atom. The normalized spacial score (nSPS) is 30.9. The number of carbonyl (C=O) groups is 1. The summed E-state index contributed by atoms with van der Waals surface area (Å²) in [4.78, 5) is 25.9. The van der Waals surface area contributed by atoms with Crippen LogP contribution in [0.5, 0.6) is 11.5 Å². The van der Waals surface area contributed by atoms with E-state index >= 15 is 0 Å². The van der Waals surface area contributed by atoms with Crippen LogP contribution in [0.25, 0.3) is 22.3 Å². The van der Waals surface area contributed by atoms with E-state index in [1.807, 2.05) is 30.3 Å². The molecule has 4 aliphatic rings. The Hall–Kier alpha value is -3.54. The van der Waals surface area contributed by atoms with E-state index in [1.54, 1.807) is 6.07 Å². The first-order valence-corrected chi connectivity index (χ1v) is 19.8. The lowest BCUT2D eigenvalue weighted by Gasteiger charge is -2.61. The molecule has 0 aliphatic heterocycles. The van der Waals surface area contributed by atoms with E-state index in [-0.39, 0.29) is 46.0 Å². The van der Waals surface area contributed by atoms with Crippen LogP contribution in [0.15, 0.2) is 69.4 Å². The van der Waals surface area contributed by atoms with E-state index in [0.29, 0.717) is 11.2 Å². The van der Waals surface area contributed by atoms with Crippen molar-refractivity contribution in [2.75, 3.05) is 6.61 Å². The molecule has 6 heteroatoms. The molecule has 0 spiro atoms. The number of allylic oxidation sites excluding steroid dienone is 1. The molecule has 0 amide bonds. The van der Waals surface area contributed by atoms with Crippen LogP contribution in [0.2, 0.25) is 0 Å². The quantitative estimate of drug-likeness (QED) is 0.168. The number of carbonyl (C=O) groups excluding carboxylic acids is 1. The molecule has 3 fully saturated rings. The molecule has 51 heavy (non-hydrogen) atoms. The summed E-state index contributed by atoms with van der Waals surface area (Å²) < 4.78 is 17.8. The van der Waals surface area contributed by atoms with Gasteiger partial charge in [-0.15, -0.1) is 0 Å². The Balaban J connectivity index is 0.956. The highest BCUT2D eigenvalue weighted by atomic mass is 16.6. The zero-order chi connectivity index (χ0) is 35.9. The minimum Gasteiger partial charge on any atom is -0.507 e. The number of ether oxygens (including phenoxy) is 2. The smallest absolute Gasteiger partial charge is 0.344 e. The summed E-state index contributed by atoms with van der Waals surface area (Å²) in [7, 11) is 0. The van der Waals surface area contributed by atoms with Gasteiger partial charge in [-0.3, -0.25) is 4.79 Å². The first-order valence-electron chi connectivity index (χ1n) is 19.8. The predicted molar refractivity (Wildman–Crippen MR) is 203 cm³/mol. The summed E-state index contributed by atoms with van der Waals surface area (Å²) in [5, 5.41) is 10.7. The number of phenolic OH excluding ortho intramolecular Hbond substituents is 1. The number of esters is 1. The number of hydrogen-bond donors (Lipinski definition) is 1. The number of aromatic hydroxyl groups is 1. The van der Waals surface area contributed by atoms with Gasteiger partial charge in [0.15, 0.2) is 12.0 Å². The standard InChI is InChI=1S/C45H58O6/c1-28(2)10-9-11-29(3)31-14-17-36-35-16-15-32-22-33(18-21-45(32,5)37(35)19-20-44(36,4)26-31)50-42(48)27-49-34-23-38(46)43-39(47)25-40(51-41(43)24-34)30-12-7-6-8-13-30/h6-8,12-13,15,23-25,28-29,31,33,35-37,46H,9-11,14,16-22,26-27H2,1-5H3/t29-,31+,33-,35+,36-,37-,44-,45+/m1/s1. The summed E-state index contributed by atoms with van der Waals surface area (Å²) in [5.41, 5.74) is 2.76. The molecule has 1 aromatic heterocycles. The van der Waals surface area contributed by atoms with Crippen molar-refractivity contribution >= 4 is 16.9 Å². The summed E-state index contributed by atoms with van der Waals surface area (Å²) in [6.07, 6.45) is 17.3. The lowest BCUT2D eigenvalue weighted by molar-refractivity contribution is -0.154. The maximum atomic E-state index is 13.0. The third-order valence-corrected chi connectivity index (χ3v) is 13.9. The van der Waals surface area contributed by atoms with Gasteiger partial charge in [-0.1, -0.05) is 95.9 Å². The highest BCUT2D eigenvalue weighted by Gasteiger charge is 2.56. The minimum absolute atomic E-state index is 0.0789. The second-order valence-electron chi connectivity index (χ2n) is 17.6. The number of benzene rings is 2. The van der Waals surface area contributed by atoms with E-state index in [2.05, 4.69) is 40.7 Å². The van der Waals surface area contributed by atoms with Gasteiger partial charge in [0.1, 0.15) is 34.3 Å². The van der Waals surface area contributed by atoms with Crippen LogP contribution in [0.4, 0.5) is 0 Å². The average molecular weight is 695 g/mol. The van der Waals surface area contributed by atoms with Crippen LogP contribution in [0.1, 0.15) is 112 Å². The zero-order valence-corrected chi connectivity index (χ0v) is 31.4. The van der Waals surface area contributed by atoms with Crippen molar-refractivity contribution in [2.45, 2.75) is 118 Å². The van der Waals surface area contributed by atoms with Crippen LogP contribution in [0.3, 0.4) is 0 Å². The second-order valence-corrected chi connectivity index (χ2v) is 17.6. The van der Waals surface area contributed by atoms with Crippen molar-refractivity contribution in [3.05, 3.63) is 70.4 Å². The fourth-order valence-corrected chi connectivity index (χ4v) is 11.0. The van der Waals surface area contributed by atoms with Crippen molar-refractivity contribution in [1.29, 1.82) is 0 Å². The first kappa shape index (κ1) is 35.8. The molecule has 1 heterocycles. The van der Waals surface area contributed by atoms with Gasteiger partial charge < -0.3 is 19.0 Å². The maximum Gasteiger partial charge on any atom is 0.344 e. The molecule has 0 radical (unpaired) electrons. The van der Waals surface area contributed by atoms with Crippen LogP contribution in [0, 0.1) is 46.3 Å². The largest absolute Gasteiger partial charge is 0.507 e. The molecule has 4 aliphatic carbocycles. The van der Waals surface area contributed by atoms with Crippen molar-refractivity contribution < 1.29 is 23.8 Å². The van der Waals surface area contributed by atoms with Crippen molar-refractivity contribution in [3.8, 4) is 22.8 Å². The van der Waals surface area contributed by atoms with Crippen LogP contribution < -0.4 is 10.2 Å². The van der Waals surface area contributed by atoms with E-state index in [9.17, 15) is 14.7 Å². The highest BCUT2D eigenvalue weighted by molar-refractivity contribution is 5.86. The molecule has 2 aromatic carbocycles. The summed E-state index contributed by atoms with van der Waals surface area (Å²) in [6.45, 7) is 12.1. The monoisotopic (exact) mass is 694 g/mol. The van der Waals surface area contributed by atoms with Gasteiger partial charge in [-0.25, -0.2) is 4.79 Å². The van der Waals surface area contributed by atoms with Gasteiger partial charge in [0.05, 0.1) is 0 Å². The summed E-state index contributed by atoms with van der Waals surface area (Å²) in [5.74, 6) is 4.80. The Bertz CT molecular complexity index is 1810. The van der Waals surface area contributed by atoms with Crippen molar-refractivity contribution in [1.82, 2.24) is 0 Å². The average Bonchev–Trinajstić information content (AvgIpc) is 3.10. The SMILES string of the molecule is CC(C)CCC[C@@H](C)[C@H]1CC[C@@H]2[C@@H]3CC=C4C[C@H](OC(=O)COc5cc(O)c6c(=O)cc(-c7ccccc7)oc6c5)CC[C@]4(C)[C@@H]3CC[C@]2(C)C1. The van der Waals surface area contributed by atoms with Gasteiger partial charge in [0, 0.05) is 30.2 Å². The fraction of sp³-hybridized carbons (Fsp3) is 0.600. The first-order chi connectivity index (χ1) is 24.4. The molecule has 7 rings (SSSR count). The third-order valence-electron chi connectivity index (χ3n) is 13.9. The molecule has 6 nitrogen and oxygen atoms in total. The Morgan fingerprint density at radius 2 is 1.78 bits per heavy atom. The molecule has 8 atom stereocenters. The van der Waals surface area contributed by atoms with Crippen LogP contribution in [-0.4, -0.2) is 23.8 Å². The molecule has 0 bridgehead atoms. The fourth-order valence-electron chi connectivity index (χ4n) is 11.0. The Morgan fingerprint density at radius 3 is 2.57 bits per heavy atom. The summed E-state index contributed by atoms with van der Waals surface area (Å²) >= 11 is 0. The van der Waals surface area contributed by atoms with E-state index in [1.165, 1.54) is 75.5 Å². The third kappa shape index (κ3) is 7.26. The number of rotatable bonds is 10. The highest BCUT2D eigenvalue weighted by Crippen LogP contribution is 2.65. The van der Waals surface area contributed by atoms with Gasteiger partial charge in [0.25, 0.3) is 0 Å². The van der Waals surface area contributed by atoms with E-state index in [4.69, 9.17) is 13.9 Å². The second kappa shape index (κ2) is 14.5. The molecule has 0 saturated heterocycles. The Labute approximate surface area is 304 Å². The molecule has 274 valence electrons. The summed E-state index contributed by atoms with van der Waals surface area (Å²) in [6, 6.07) is 13.6. The molecule has 1 N–H and O–H groups in total. The Kier molecular flexibility index (Phi) is 10.2. The lowest BCUT2D eigenvalue weighted by Crippen LogP contribution is -2.52. The number of fused-ring (bicyclic) bond motifs is 6. The van der Waals surface area contributed by atoms with Gasteiger partial charge in [0.2, 0.25) is 0 Å². The minimum atomic E-state index is -0.430. The van der Waals surface area contributed by atoms with Gasteiger partial charge in [-0.2, -0.15) is 0 Å². The van der Waals surface area contributed by atoms with Crippen LogP contribution >= 0.6 is 0 Å². The lowest BCUT2D eigenvalue weighted by atomic mass is 9.44. The molecular weight excluding hydrogens is 636 g/mol. The predicted octanol–water partition coefficient (Wildman–Crippen LogP) is 10.9. The van der Waals surface area contributed by atoms with Crippen molar-refractivity contribution in [2.24, 2.45) is 46.3 Å². The maximum absolute atomic E-state index is 13.0. The van der Waals surface area contributed by atoms with E-state index in [0.717, 1.165) is 60.3 Å². The molecule has 3 saturated carbocycles.